The highest BCUT2D eigenvalue weighted by molar-refractivity contribution is 5.80. The lowest BCUT2D eigenvalue weighted by molar-refractivity contribution is -0.165. The summed E-state index contributed by atoms with van der Waals surface area (Å²) >= 11 is 0. The van der Waals surface area contributed by atoms with Gasteiger partial charge in [0, 0.05) is 23.9 Å². The average molecular weight is 442 g/mol. The lowest BCUT2D eigenvalue weighted by Crippen LogP contribution is -2.60. The Kier molecular flexibility index (Phi) is 8.74. The second-order valence-electron chi connectivity index (χ2n) is 11.2. The monoisotopic (exact) mass is 441 g/mol. The summed E-state index contributed by atoms with van der Waals surface area (Å²) in [5.74, 6) is -1.78. The van der Waals surface area contributed by atoms with Crippen molar-refractivity contribution in [2.75, 3.05) is 14.2 Å². The summed E-state index contributed by atoms with van der Waals surface area (Å²) in [4.78, 5) is 38.1. The van der Waals surface area contributed by atoms with Gasteiger partial charge in [-0.05, 0) is 67.7 Å². The fraction of sp³-hybridized carbons (Fsp3) is 0.875. The van der Waals surface area contributed by atoms with Gasteiger partial charge in [0.25, 0.3) is 0 Å². The number of hydrogen-bond donors (Lipinski definition) is 1. The summed E-state index contributed by atoms with van der Waals surface area (Å²) < 4.78 is 15.9. The number of esters is 3. The molecule has 7 heteroatoms. The van der Waals surface area contributed by atoms with Crippen molar-refractivity contribution < 1.29 is 28.6 Å². The Balaban J connectivity index is 3.16. The lowest BCUT2D eigenvalue weighted by Gasteiger charge is -2.46. The second kappa shape index (κ2) is 9.88. The van der Waals surface area contributed by atoms with Crippen LogP contribution in [0.25, 0.3) is 0 Å². The van der Waals surface area contributed by atoms with Gasteiger partial charge in [-0.2, -0.15) is 0 Å². The van der Waals surface area contributed by atoms with Crippen LogP contribution in [0.2, 0.25) is 0 Å². The van der Waals surface area contributed by atoms with E-state index in [1.807, 2.05) is 6.92 Å². The lowest BCUT2D eigenvalue weighted by atomic mass is 9.73. The van der Waals surface area contributed by atoms with Gasteiger partial charge in [-0.1, -0.05) is 6.92 Å². The van der Waals surface area contributed by atoms with Gasteiger partial charge in [0.1, 0.15) is 6.10 Å². The third-order valence-electron chi connectivity index (χ3n) is 6.42. The van der Waals surface area contributed by atoms with Gasteiger partial charge in [-0.3, -0.25) is 14.4 Å². The molecule has 1 rings (SSSR count). The maximum Gasteiger partial charge on any atom is 0.311 e. The van der Waals surface area contributed by atoms with E-state index >= 15 is 0 Å². The number of carbonyl (C=O) groups is 3. The number of rotatable bonds is 9. The molecular formula is C24H43NO6. The van der Waals surface area contributed by atoms with Gasteiger partial charge in [-0.25, -0.2) is 0 Å². The second-order valence-corrected chi connectivity index (χ2v) is 11.2. The molecule has 1 N–H and O–H groups in total. The smallest absolute Gasteiger partial charge is 0.311 e. The Morgan fingerprint density at radius 2 is 1.42 bits per heavy atom. The molecule has 31 heavy (non-hydrogen) atoms. The van der Waals surface area contributed by atoms with Crippen LogP contribution >= 0.6 is 0 Å². The molecule has 1 aliphatic heterocycles. The van der Waals surface area contributed by atoms with Crippen LogP contribution < -0.4 is 5.32 Å². The van der Waals surface area contributed by atoms with Gasteiger partial charge in [-0.15, -0.1) is 0 Å². The molecule has 0 bridgehead atoms. The number of piperidine rings is 1. The highest BCUT2D eigenvalue weighted by Gasteiger charge is 2.44. The minimum absolute atomic E-state index is 0.169. The Labute approximate surface area is 188 Å². The van der Waals surface area contributed by atoms with E-state index < -0.39 is 22.7 Å². The highest BCUT2D eigenvalue weighted by Crippen LogP contribution is 2.39. The SMILES string of the molecule is CCC(C)(CC(CC(C)(C)C(=O)OC)C(=O)OC1CC(C)(C)NC(C)(C)C1)C(=O)OC. The first kappa shape index (κ1) is 27.4. The van der Waals surface area contributed by atoms with Crippen LogP contribution in [0.1, 0.15) is 87.5 Å². The Hall–Kier alpha value is -1.63. The average Bonchev–Trinajstić information content (AvgIpc) is 2.62. The van der Waals surface area contributed by atoms with E-state index in [0.29, 0.717) is 19.3 Å². The molecule has 1 aliphatic rings. The van der Waals surface area contributed by atoms with Crippen molar-refractivity contribution in [2.24, 2.45) is 16.7 Å². The van der Waals surface area contributed by atoms with Crippen molar-refractivity contribution >= 4 is 17.9 Å². The third-order valence-corrected chi connectivity index (χ3v) is 6.42. The van der Waals surface area contributed by atoms with Gasteiger partial charge in [0.15, 0.2) is 0 Å². The van der Waals surface area contributed by atoms with Crippen molar-refractivity contribution in [3.63, 3.8) is 0 Å². The van der Waals surface area contributed by atoms with Crippen LogP contribution in [-0.2, 0) is 28.6 Å². The molecule has 2 unspecified atom stereocenters. The fourth-order valence-electron chi connectivity index (χ4n) is 4.95. The zero-order valence-corrected chi connectivity index (χ0v) is 21.1. The molecular weight excluding hydrogens is 398 g/mol. The standard InChI is InChI=1S/C24H43NO6/c1-11-24(8,20(28)30-10)13-16(12-21(2,3)19(27)29-9)18(26)31-17-14-22(4,5)25-23(6,7)15-17/h16-17,25H,11-15H2,1-10H3. The predicted octanol–water partition coefficient (Wildman–Crippen LogP) is 4.02. The van der Waals surface area contributed by atoms with E-state index in [4.69, 9.17) is 14.2 Å². The molecule has 1 saturated heterocycles. The summed E-state index contributed by atoms with van der Waals surface area (Å²) in [5, 5.41) is 3.58. The van der Waals surface area contributed by atoms with E-state index in [1.165, 1.54) is 14.2 Å². The molecule has 0 spiro atoms. The maximum atomic E-state index is 13.4. The van der Waals surface area contributed by atoms with Crippen molar-refractivity contribution in [2.45, 2.75) is 105 Å². The number of carbonyl (C=O) groups excluding carboxylic acids is 3. The van der Waals surface area contributed by atoms with Crippen molar-refractivity contribution in [3.8, 4) is 0 Å². The van der Waals surface area contributed by atoms with Gasteiger partial charge < -0.3 is 19.5 Å². The number of hydrogen-bond acceptors (Lipinski definition) is 7. The number of ether oxygens (including phenoxy) is 3. The summed E-state index contributed by atoms with van der Waals surface area (Å²) in [6.45, 7) is 15.6. The molecule has 1 fully saturated rings. The zero-order valence-electron chi connectivity index (χ0n) is 21.1. The molecule has 7 nitrogen and oxygen atoms in total. The van der Waals surface area contributed by atoms with E-state index in [2.05, 4.69) is 33.0 Å². The summed E-state index contributed by atoms with van der Waals surface area (Å²) in [6, 6.07) is 0. The largest absolute Gasteiger partial charge is 0.469 e. The van der Waals surface area contributed by atoms with E-state index in [-0.39, 0.29) is 42.0 Å². The minimum Gasteiger partial charge on any atom is -0.469 e. The molecule has 0 aromatic rings. The first-order chi connectivity index (χ1) is 14.0. The Morgan fingerprint density at radius 1 is 0.935 bits per heavy atom. The normalized spacial score (nSPS) is 21.5. The predicted molar refractivity (Wildman–Crippen MR) is 119 cm³/mol. The molecule has 0 aromatic carbocycles. The van der Waals surface area contributed by atoms with Gasteiger partial charge in [0.2, 0.25) is 0 Å². The van der Waals surface area contributed by atoms with E-state index in [0.717, 1.165) is 0 Å². The maximum absolute atomic E-state index is 13.4. The molecule has 0 saturated carbocycles. The number of nitrogens with one attached hydrogen (secondary N) is 1. The molecule has 180 valence electrons. The summed E-state index contributed by atoms with van der Waals surface area (Å²) in [6.07, 6.45) is 2.12. The van der Waals surface area contributed by atoms with Crippen LogP contribution in [0.15, 0.2) is 0 Å². The van der Waals surface area contributed by atoms with Crippen LogP contribution in [0.3, 0.4) is 0 Å². The van der Waals surface area contributed by atoms with Crippen molar-refractivity contribution in [1.82, 2.24) is 5.32 Å². The molecule has 1 heterocycles. The van der Waals surface area contributed by atoms with Crippen LogP contribution in [0.4, 0.5) is 0 Å². The quantitative estimate of drug-likeness (QED) is 0.427. The van der Waals surface area contributed by atoms with Crippen molar-refractivity contribution in [1.29, 1.82) is 0 Å². The fourth-order valence-corrected chi connectivity index (χ4v) is 4.95. The molecule has 0 aliphatic carbocycles. The molecule has 0 radical (unpaired) electrons. The molecule has 0 amide bonds. The topological polar surface area (TPSA) is 90.9 Å². The highest BCUT2D eigenvalue weighted by atomic mass is 16.5. The minimum atomic E-state index is -0.893. The third kappa shape index (κ3) is 7.48. The van der Waals surface area contributed by atoms with E-state index in [1.54, 1.807) is 20.8 Å². The van der Waals surface area contributed by atoms with Crippen LogP contribution in [0.5, 0.6) is 0 Å². The van der Waals surface area contributed by atoms with Gasteiger partial charge >= 0.3 is 17.9 Å². The van der Waals surface area contributed by atoms with Gasteiger partial charge in [0.05, 0.1) is 31.0 Å². The zero-order chi connectivity index (χ0) is 24.3. The Bertz CT molecular complexity index is 653. The van der Waals surface area contributed by atoms with Crippen LogP contribution in [0, 0.1) is 16.7 Å². The molecule has 0 aromatic heterocycles. The first-order valence-corrected chi connectivity index (χ1v) is 11.2. The first-order valence-electron chi connectivity index (χ1n) is 11.2. The Morgan fingerprint density at radius 3 is 1.84 bits per heavy atom. The number of methoxy groups -OCH3 is 2. The van der Waals surface area contributed by atoms with Crippen LogP contribution in [-0.4, -0.2) is 49.3 Å². The summed E-state index contributed by atoms with van der Waals surface area (Å²) in [7, 11) is 2.68. The van der Waals surface area contributed by atoms with Crippen molar-refractivity contribution in [3.05, 3.63) is 0 Å². The summed E-state index contributed by atoms with van der Waals surface area (Å²) in [5.41, 5.74) is -2.08. The van der Waals surface area contributed by atoms with E-state index in [9.17, 15) is 14.4 Å². The molecule has 2 atom stereocenters.